The van der Waals surface area contributed by atoms with Crippen molar-refractivity contribution in [1.29, 1.82) is 0 Å². The number of amides is 1. The van der Waals surface area contributed by atoms with Crippen LogP contribution in [-0.4, -0.2) is 29.8 Å². The van der Waals surface area contributed by atoms with Gasteiger partial charge in [-0.2, -0.15) is 0 Å². The second-order valence-electron chi connectivity index (χ2n) is 6.53. The van der Waals surface area contributed by atoms with Crippen LogP contribution in [0.3, 0.4) is 0 Å². The SMILES string of the molecule is CC(NCCNC(=O)OC(C)(C)C)c1ccc2ccccc2n1. The Labute approximate surface area is 137 Å². The summed E-state index contributed by atoms with van der Waals surface area (Å²) in [6.45, 7) is 8.75. The van der Waals surface area contributed by atoms with Crippen LogP contribution >= 0.6 is 0 Å². The summed E-state index contributed by atoms with van der Waals surface area (Å²) in [4.78, 5) is 16.2. The molecule has 2 aromatic rings. The van der Waals surface area contributed by atoms with Gasteiger partial charge in [-0.15, -0.1) is 0 Å². The number of fused-ring (bicyclic) bond motifs is 1. The van der Waals surface area contributed by atoms with Crippen molar-refractivity contribution in [3.63, 3.8) is 0 Å². The maximum atomic E-state index is 11.5. The zero-order chi connectivity index (χ0) is 16.9. The minimum Gasteiger partial charge on any atom is -0.444 e. The molecule has 0 aliphatic carbocycles. The molecule has 1 atom stereocenters. The Hall–Kier alpha value is -2.14. The van der Waals surface area contributed by atoms with E-state index in [2.05, 4.69) is 34.7 Å². The van der Waals surface area contributed by atoms with E-state index in [-0.39, 0.29) is 6.04 Å². The normalized spacial score (nSPS) is 12.9. The zero-order valence-electron chi connectivity index (χ0n) is 14.2. The minimum absolute atomic E-state index is 0.111. The first-order valence-electron chi connectivity index (χ1n) is 7.91. The molecule has 2 N–H and O–H groups in total. The van der Waals surface area contributed by atoms with Gasteiger partial charge in [-0.1, -0.05) is 24.3 Å². The maximum absolute atomic E-state index is 11.5. The van der Waals surface area contributed by atoms with E-state index in [0.717, 1.165) is 16.6 Å². The number of hydrogen-bond acceptors (Lipinski definition) is 4. The Morgan fingerprint density at radius 1 is 1.17 bits per heavy atom. The predicted molar refractivity (Wildman–Crippen MR) is 92.4 cm³/mol. The van der Waals surface area contributed by atoms with E-state index in [0.29, 0.717) is 13.1 Å². The second kappa shape index (κ2) is 7.42. The number of pyridine rings is 1. The molecule has 1 aromatic carbocycles. The molecule has 1 unspecified atom stereocenters. The van der Waals surface area contributed by atoms with Crippen molar-refractivity contribution in [2.45, 2.75) is 39.3 Å². The molecule has 0 aliphatic rings. The lowest BCUT2D eigenvalue weighted by Crippen LogP contribution is -2.37. The third-order valence-corrected chi connectivity index (χ3v) is 3.31. The second-order valence-corrected chi connectivity index (χ2v) is 6.53. The van der Waals surface area contributed by atoms with Gasteiger partial charge in [0, 0.05) is 24.5 Å². The highest BCUT2D eigenvalue weighted by Crippen LogP contribution is 2.16. The molecule has 0 saturated carbocycles. The summed E-state index contributed by atoms with van der Waals surface area (Å²) in [6, 6.07) is 12.3. The first-order chi connectivity index (χ1) is 10.8. The molecule has 0 aliphatic heterocycles. The van der Waals surface area contributed by atoms with Gasteiger partial charge in [0.15, 0.2) is 0 Å². The van der Waals surface area contributed by atoms with Gasteiger partial charge >= 0.3 is 6.09 Å². The van der Waals surface area contributed by atoms with Crippen LogP contribution in [-0.2, 0) is 4.74 Å². The first-order valence-corrected chi connectivity index (χ1v) is 7.91. The van der Waals surface area contributed by atoms with Crippen LogP contribution in [0.25, 0.3) is 10.9 Å². The molecule has 5 nitrogen and oxygen atoms in total. The highest BCUT2D eigenvalue weighted by molar-refractivity contribution is 5.78. The molecular formula is C18H25N3O2. The Bertz CT molecular complexity index is 665. The summed E-state index contributed by atoms with van der Waals surface area (Å²) in [5, 5.41) is 7.21. The number of carbonyl (C=O) groups is 1. The summed E-state index contributed by atoms with van der Waals surface area (Å²) in [5.74, 6) is 0. The number of aromatic nitrogens is 1. The summed E-state index contributed by atoms with van der Waals surface area (Å²) in [6.07, 6.45) is -0.393. The topological polar surface area (TPSA) is 63.2 Å². The van der Waals surface area contributed by atoms with Crippen LogP contribution < -0.4 is 10.6 Å². The quantitative estimate of drug-likeness (QED) is 0.830. The lowest BCUT2D eigenvalue weighted by molar-refractivity contribution is 0.0528. The fourth-order valence-electron chi connectivity index (χ4n) is 2.19. The third-order valence-electron chi connectivity index (χ3n) is 3.31. The highest BCUT2D eigenvalue weighted by atomic mass is 16.6. The number of benzene rings is 1. The number of hydrogen-bond donors (Lipinski definition) is 2. The van der Waals surface area contributed by atoms with E-state index in [4.69, 9.17) is 4.74 Å². The van der Waals surface area contributed by atoms with Gasteiger partial charge in [-0.05, 0) is 39.8 Å². The van der Waals surface area contributed by atoms with Gasteiger partial charge in [0.1, 0.15) is 5.60 Å². The maximum Gasteiger partial charge on any atom is 0.407 e. The number of alkyl carbamates (subject to hydrolysis) is 1. The first kappa shape index (κ1) is 17.2. The lowest BCUT2D eigenvalue weighted by atomic mass is 10.1. The average molecular weight is 315 g/mol. The van der Waals surface area contributed by atoms with E-state index in [9.17, 15) is 4.79 Å². The van der Waals surface area contributed by atoms with Crippen LogP contribution in [0.4, 0.5) is 4.79 Å². The third kappa shape index (κ3) is 5.53. The zero-order valence-corrected chi connectivity index (χ0v) is 14.2. The largest absolute Gasteiger partial charge is 0.444 e. The Morgan fingerprint density at radius 2 is 1.91 bits per heavy atom. The molecule has 0 saturated heterocycles. The number of para-hydroxylation sites is 1. The number of nitrogens with zero attached hydrogens (tertiary/aromatic N) is 1. The van der Waals surface area contributed by atoms with Crippen LogP contribution in [0.5, 0.6) is 0 Å². The molecule has 0 radical (unpaired) electrons. The van der Waals surface area contributed by atoms with Gasteiger partial charge in [-0.3, -0.25) is 4.98 Å². The smallest absolute Gasteiger partial charge is 0.407 e. The molecular weight excluding hydrogens is 290 g/mol. The molecule has 2 rings (SSSR count). The number of nitrogens with one attached hydrogen (secondary N) is 2. The monoisotopic (exact) mass is 315 g/mol. The van der Waals surface area contributed by atoms with Crippen molar-refractivity contribution in [1.82, 2.24) is 15.6 Å². The summed E-state index contributed by atoms with van der Waals surface area (Å²) < 4.78 is 5.19. The van der Waals surface area contributed by atoms with Gasteiger partial charge in [0.2, 0.25) is 0 Å². The van der Waals surface area contributed by atoms with E-state index in [1.54, 1.807) is 0 Å². The summed E-state index contributed by atoms with van der Waals surface area (Å²) in [7, 11) is 0. The van der Waals surface area contributed by atoms with Crippen molar-refractivity contribution >= 4 is 17.0 Å². The molecule has 0 spiro atoms. The molecule has 5 heteroatoms. The fraction of sp³-hybridized carbons (Fsp3) is 0.444. The van der Waals surface area contributed by atoms with Crippen LogP contribution in [0.1, 0.15) is 39.4 Å². The van der Waals surface area contributed by atoms with E-state index >= 15 is 0 Å². The predicted octanol–water partition coefficient (Wildman–Crippen LogP) is 3.41. The molecule has 1 amide bonds. The van der Waals surface area contributed by atoms with Crippen LogP contribution in [0.2, 0.25) is 0 Å². The summed E-state index contributed by atoms with van der Waals surface area (Å²) in [5.41, 5.74) is 1.51. The number of rotatable bonds is 5. The standard InChI is InChI=1S/C18H25N3O2/c1-13(19-11-12-20-17(22)23-18(2,3)4)15-10-9-14-7-5-6-8-16(14)21-15/h5-10,13,19H,11-12H2,1-4H3,(H,20,22). The molecule has 0 bridgehead atoms. The van der Waals surface area contributed by atoms with Crippen LogP contribution in [0, 0.1) is 0 Å². The minimum atomic E-state index is -0.472. The van der Waals surface area contributed by atoms with Crippen molar-refractivity contribution in [2.75, 3.05) is 13.1 Å². The lowest BCUT2D eigenvalue weighted by Gasteiger charge is -2.20. The number of carbonyl (C=O) groups excluding carboxylic acids is 1. The molecule has 23 heavy (non-hydrogen) atoms. The van der Waals surface area contributed by atoms with Gasteiger partial charge in [0.25, 0.3) is 0 Å². The van der Waals surface area contributed by atoms with E-state index in [1.807, 2.05) is 45.0 Å². The number of ether oxygens (including phenoxy) is 1. The average Bonchev–Trinajstić information content (AvgIpc) is 2.49. The Balaban J connectivity index is 1.80. The van der Waals surface area contributed by atoms with Crippen molar-refractivity contribution in [3.05, 3.63) is 42.1 Å². The van der Waals surface area contributed by atoms with Crippen molar-refractivity contribution < 1.29 is 9.53 Å². The Morgan fingerprint density at radius 3 is 2.65 bits per heavy atom. The Kier molecular flexibility index (Phi) is 5.55. The molecule has 1 heterocycles. The van der Waals surface area contributed by atoms with Gasteiger partial charge in [0.05, 0.1) is 11.2 Å². The van der Waals surface area contributed by atoms with E-state index < -0.39 is 11.7 Å². The van der Waals surface area contributed by atoms with Gasteiger partial charge < -0.3 is 15.4 Å². The van der Waals surface area contributed by atoms with E-state index in [1.165, 1.54) is 0 Å². The molecule has 1 aromatic heterocycles. The highest BCUT2D eigenvalue weighted by Gasteiger charge is 2.15. The van der Waals surface area contributed by atoms with Gasteiger partial charge in [-0.25, -0.2) is 4.79 Å². The fourth-order valence-corrected chi connectivity index (χ4v) is 2.19. The van der Waals surface area contributed by atoms with Crippen LogP contribution in [0.15, 0.2) is 36.4 Å². The van der Waals surface area contributed by atoms with Crippen molar-refractivity contribution in [3.8, 4) is 0 Å². The molecule has 124 valence electrons. The van der Waals surface area contributed by atoms with Crippen molar-refractivity contribution in [2.24, 2.45) is 0 Å². The molecule has 0 fully saturated rings. The summed E-state index contributed by atoms with van der Waals surface area (Å²) >= 11 is 0.